The van der Waals surface area contributed by atoms with E-state index in [1.807, 2.05) is 0 Å². The molecular formula is C8H12N2O2S. The lowest BCUT2D eigenvalue weighted by molar-refractivity contribution is 0.593. The first kappa shape index (κ1) is 10.0. The van der Waals surface area contributed by atoms with Crippen LogP contribution in [0.4, 0.5) is 5.69 Å². The maximum absolute atomic E-state index is 11.3. The van der Waals surface area contributed by atoms with Crippen molar-refractivity contribution in [1.82, 2.24) is 0 Å². The molecule has 1 aromatic carbocycles. The highest BCUT2D eigenvalue weighted by Crippen LogP contribution is 2.12. The first-order valence-corrected chi connectivity index (χ1v) is 5.51. The zero-order valence-electron chi connectivity index (χ0n) is 7.34. The number of sulfonamides is 1. The van der Waals surface area contributed by atoms with Gasteiger partial charge in [-0.25, -0.2) is 18.7 Å². The summed E-state index contributed by atoms with van der Waals surface area (Å²) in [5.74, 6) is 5.43. The number of nitrogens with two attached hydrogens (primary N) is 1. The van der Waals surface area contributed by atoms with Crippen LogP contribution in [0.25, 0.3) is 0 Å². The molecule has 13 heavy (non-hydrogen) atoms. The molecule has 72 valence electrons. The molecule has 1 aromatic rings. The molecule has 0 aliphatic heterocycles. The quantitative estimate of drug-likeness (QED) is 0.577. The van der Waals surface area contributed by atoms with Crippen LogP contribution in [-0.4, -0.2) is 14.2 Å². The summed E-state index contributed by atoms with van der Waals surface area (Å²) in [6.07, 6.45) is 0. The predicted octanol–water partition coefficient (Wildman–Crippen LogP) is 0.716. The fourth-order valence-electron chi connectivity index (χ4n) is 0.875. The zero-order chi connectivity index (χ0) is 9.90. The van der Waals surface area contributed by atoms with Crippen molar-refractivity contribution in [2.24, 2.45) is 5.84 Å². The van der Waals surface area contributed by atoms with Gasteiger partial charge >= 0.3 is 0 Å². The van der Waals surface area contributed by atoms with Gasteiger partial charge in [-0.05, 0) is 19.1 Å². The van der Waals surface area contributed by atoms with Crippen LogP contribution in [0.3, 0.4) is 0 Å². The van der Waals surface area contributed by atoms with Gasteiger partial charge in [0.1, 0.15) is 0 Å². The van der Waals surface area contributed by atoms with Gasteiger partial charge in [-0.2, -0.15) is 0 Å². The first-order valence-electron chi connectivity index (χ1n) is 3.90. The van der Waals surface area contributed by atoms with E-state index in [0.717, 1.165) is 4.41 Å². The number of hydrazine groups is 1. The maximum atomic E-state index is 11.3. The molecule has 0 saturated carbocycles. The third kappa shape index (κ3) is 2.19. The molecule has 1 rings (SSSR count). The molecule has 0 heterocycles. The van der Waals surface area contributed by atoms with Crippen molar-refractivity contribution in [1.29, 1.82) is 0 Å². The molecule has 0 radical (unpaired) electrons. The van der Waals surface area contributed by atoms with E-state index in [-0.39, 0.29) is 5.75 Å². The van der Waals surface area contributed by atoms with E-state index >= 15 is 0 Å². The minimum Gasteiger partial charge on any atom is -0.233 e. The van der Waals surface area contributed by atoms with Gasteiger partial charge in [-0.1, -0.05) is 18.2 Å². The van der Waals surface area contributed by atoms with E-state index in [1.54, 1.807) is 37.3 Å². The summed E-state index contributed by atoms with van der Waals surface area (Å²) < 4.78 is 23.4. The van der Waals surface area contributed by atoms with Crippen LogP contribution in [0, 0.1) is 0 Å². The average molecular weight is 200 g/mol. The molecule has 4 nitrogen and oxygen atoms in total. The van der Waals surface area contributed by atoms with Crippen molar-refractivity contribution in [3.05, 3.63) is 30.3 Å². The van der Waals surface area contributed by atoms with E-state index in [0.29, 0.717) is 5.69 Å². The molecule has 0 spiro atoms. The smallest absolute Gasteiger partial charge is 0.233 e. The minimum absolute atomic E-state index is 0.00159. The number of benzene rings is 1. The molecular weight excluding hydrogens is 188 g/mol. The summed E-state index contributed by atoms with van der Waals surface area (Å²) in [7, 11) is -3.34. The Hall–Kier alpha value is -1.07. The molecule has 0 saturated heterocycles. The maximum Gasteiger partial charge on any atom is 0.248 e. The Morgan fingerprint density at radius 2 is 1.85 bits per heavy atom. The van der Waals surface area contributed by atoms with Crippen LogP contribution in [-0.2, 0) is 10.0 Å². The zero-order valence-corrected chi connectivity index (χ0v) is 8.16. The molecule has 0 unspecified atom stereocenters. The number of hydrogen-bond donors (Lipinski definition) is 1. The largest absolute Gasteiger partial charge is 0.248 e. The SMILES string of the molecule is CCS(=O)(=O)N(N)c1ccccc1. The van der Waals surface area contributed by atoms with Crippen LogP contribution in [0.5, 0.6) is 0 Å². The molecule has 5 heteroatoms. The van der Waals surface area contributed by atoms with Crippen LogP contribution >= 0.6 is 0 Å². The Balaban J connectivity index is 2.99. The van der Waals surface area contributed by atoms with Crippen LogP contribution in [0.15, 0.2) is 30.3 Å². The molecule has 0 bridgehead atoms. The van der Waals surface area contributed by atoms with Gasteiger partial charge in [0, 0.05) is 0 Å². The summed E-state index contributed by atoms with van der Waals surface area (Å²) in [5, 5.41) is 0. The standard InChI is InChI=1S/C8H12N2O2S/c1-2-13(11,12)10(9)8-6-4-3-5-7-8/h3-7H,2,9H2,1H3. The molecule has 0 aliphatic carbocycles. The van der Waals surface area contributed by atoms with Crippen molar-refractivity contribution in [3.63, 3.8) is 0 Å². The average Bonchev–Trinajstić information content (AvgIpc) is 2.18. The second kappa shape index (κ2) is 3.76. The van der Waals surface area contributed by atoms with Crippen molar-refractivity contribution >= 4 is 15.7 Å². The number of rotatable bonds is 3. The van der Waals surface area contributed by atoms with E-state index in [4.69, 9.17) is 5.84 Å². The highest BCUT2D eigenvalue weighted by molar-refractivity contribution is 7.92. The molecule has 0 fully saturated rings. The van der Waals surface area contributed by atoms with Gasteiger partial charge in [0.15, 0.2) is 0 Å². The van der Waals surface area contributed by atoms with Gasteiger partial charge < -0.3 is 0 Å². The normalized spacial score (nSPS) is 11.2. The van der Waals surface area contributed by atoms with Crippen LogP contribution in [0.2, 0.25) is 0 Å². The topological polar surface area (TPSA) is 63.4 Å². The fraction of sp³-hybridized carbons (Fsp3) is 0.250. The van der Waals surface area contributed by atoms with E-state index in [1.165, 1.54) is 0 Å². The van der Waals surface area contributed by atoms with E-state index in [2.05, 4.69) is 0 Å². The lowest BCUT2D eigenvalue weighted by atomic mass is 10.3. The number of hydrogen-bond acceptors (Lipinski definition) is 3. The van der Waals surface area contributed by atoms with Crippen LogP contribution < -0.4 is 10.3 Å². The van der Waals surface area contributed by atoms with Gasteiger partial charge in [0.25, 0.3) is 0 Å². The molecule has 0 aromatic heterocycles. The highest BCUT2D eigenvalue weighted by Gasteiger charge is 2.15. The summed E-state index contributed by atoms with van der Waals surface area (Å²) in [6, 6.07) is 8.57. The highest BCUT2D eigenvalue weighted by atomic mass is 32.2. The van der Waals surface area contributed by atoms with E-state index < -0.39 is 10.0 Å². The first-order chi connectivity index (χ1) is 6.08. The lowest BCUT2D eigenvalue weighted by Gasteiger charge is -2.16. The molecule has 0 atom stereocenters. The Bertz CT molecular complexity index is 361. The number of nitrogens with zero attached hydrogens (tertiary/aromatic N) is 1. The number of para-hydroxylation sites is 1. The Labute approximate surface area is 78.0 Å². The number of anilines is 1. The Morgan fingerprint density at radius 1 is 1.31 bits per heavy atom. The van der Waals surface area contributed by atoms with E-state index in [9.17, 15) is 8.42 Å². The van der Waals surface area contributed by atoms with Gasteiger partial charge in [-0.3, -0.25) is 0 Å². The Morgan fingerprint density at radius 3 is 2.31 bits per heavy atom. The molecule has 2 N–H and O–H groups in total. The predicted molar refractivity (Wildman–Crippen MR) is 52.6 cm³/mol. The third-order valence-electron chi connectivity index (χ3n) is 1.68. The third-order valence-corrected chi connectivity index (χ3v) is 3.21. The van der Waals surface area contributed by atoms with Crippen LogP contribution in [0.1, 0.15) is 6.92 Å². The van der Waals surface area contributed by atoms with Crippen molar-refractivity contribution in [3.8, 4) is 0 Å². The summed E-state index contributed by atoms with van der Waals surface area (Å²) in [4.78, 5) is 0. The monoisotopic (exact) mass is 200 g/mol. The van der Waals surface area contributed by atoms with Crippen molar-refractivity contribution in [2.75, 3.05) is 10.2 Å². The Kier molecular flexibility index (Phi) is 2.90. The summed E-state index contributed by atoms with van der Waals surface area (Å²) in [6.45, 7) is 1.55. The van der Waals surface area contributed by atoms with Gasteiger partial charge in [0.2, 0.25) is 10.0 Å². The molecule has 0 aliphatic rings. The second-order valence-electron chi connectivity index (χ2n) is 2.53. The second-order valence-corrected chi connectivity index (χ2v) is 4.67. The fourth-order valence-corrected chi connectivity index (χ4v) is 1.60. The molecule has 0 amide bonds. The minimum atomic E-state index is -3.34. The van der Waals surface area contributed by atoms with Gasteiger partial charge in [-0.15, -0.1) is 0 Å². The summed E-state index contributed by atoms with van der Waals surface area (Å²) >= 11 is 0. The van der Waals surface area contributed by atoms with Crippen molar-refractivity contribution in [2.45, 2.75) is 6.92 Å². The summed E-state index contributed by atoms with van der Waals surface area (Å²) in [5.41, 5.74) is 0.476. The van der Waals surface area contributed by atoms with Crippen molar-refractivity contribution < 1.29 is 8.42 Å². The van der Waals surface area contributed by atoms with Gasteiger partial charge in [0.05, 0.1) is 11.4 Å². The lowest BCUT2D eigenvalue weighted by Crippen LogP contribution is -2.38.